The van der Waals surface area contributed by atoms with Crippen LogP contribution in [0.15, 0.2) is 29.4 Å². The number of aliphatic imine (C=N–C) groups is 1. The van der Waals surface area contributed by atoms with Gasteiger partial charge in [0.15, 0.2) is 11.7 Å². The third kappa shape index (κ3) is 5.88. The van der Waals surface area contributed by atoms with Gasteiger partial charge in [0.05, 0.1) is 0 Å². The molecule has 0 spiro atoms. The van der Waals surface area contributed by atoms with E-state index in [1.165, 1.54) is 32.4 Å². The van der Waals surface area contributed by atoms with E-state index in [4.69, 9.17) is 0 Å². The average Bonchev–Trinajstić information content (AvgIpc) is 2.98. The van der Waals surface area contributed by atoms with Crippen molar-refractivity contribution < 1.29 is 17.6 Å². The summed E-state index contributed by atoms with van der Waals surface area (Å²) in [4.78, 5) is 4.02. The van der Waals surface area contributed by atoms with Crippen molar-refractivity contribution in [1.82, 2.24) is 20.4 Å². The molecular weight excluding hydrogens is 382 g/mol. The largest absolute Gasteiger partial charge is 0.435 e. The first-order valence-electron chi connectivity index (χ1n) is 8.05. The maximum atomic E-state index is 13.4. The van der Waals surface area contributed by atoms with E-state index in [1.807, 2.05) is 6.26 Å². The maximum absolute atomic E-state index is 13.4. The van der Waals surface area contributed by atoms with E-state index < -0.39 is 11.9 Å². The lowest BCUT2D eigenvalue weighted by Gasteiger charge is -2.14. The molecule has 148 valence electrons. The molecule has 1 aromatic carbocycles. The highest BCUT2D eigenvalue weighted by atomic mass is 32.2. The lowest BCUT2D eigenvalue weighted by Crippen LogP contribution is -2.36. The number of thioether (sulfide) groups is 1. The number of rotatable bonds is 6. The Bertz CT molecular complexity index is 801. The zero-order valence-electron chi connectivity index (χ0n) is 15.2. The molecule has 0 bridgehead atoms. The molecule has 1 heterocycles. The van der Waals surface area contributed by atoms with E-state index in [1.54, 1.807) is 17.8 Å². The van der Waals surface area contributed by atoms with Gasteiger partial charge in [0, 0.05) is 44.7 Å². The molecular formula is C17H21F4N5S. The normalized spacial score (nSPS) is 12.3. The fourth-order valence-electron chi connectivity index (χ4n) is 2.54. The molecule has 2 aromatic rings. The van der Waals surface area contributed by atoms with Crippen LogP contribution in [0.25, 0.3) is 0 Å². The third-order valence-electron chi connectivity index (χ3n) is 3.76. The van der Waals surface area contributed by atoms with Crippen molar-refractivity contribution in [1.29, 1.82) is 0 Å². The molecule has 2 rings (SSSR count). The second-order valence-electron chi connectivity index (χ2n) is 5.80. The van der Waals surface area contributed by atoms with E-state index in [0.29, 0.717) is 18.3 Å². The third-order valence-corrected chi connectivity index (χ3v) is 4.36. The van der Waals surface area contributed by atoms with Crippen molar-refractivity contribution in [3.8, 4) is 0 Å². The first-order chi connectivity index (χ1) is 12.7. The van der Waals surface area contributed by atoms with Crippen LogP contribution in [-0.4, -0.2) is 29.0 Å². The monoisotopic (exact) mass is 403 g/mol. The van der Waals surface area contributed by atoms with E-state index in [-0.39, 0.29) is 17.9 Å². The number of nitrogens with zero attached hydrogens (tertiary/aromatic N) is 3. The van der Waals surface area contributed by atoms with Crippen molar-refractivity contribution in [2.45, 2.75) is 25.0 Å². The first-order valence-corrected chi connectivity index (χ1v) is 9.44. The number of alkyl halides is 3. The van der Waals surface area contributed by atoms with Crippen molar-refractivity contribution >= 4 is 17.7 Å². The quantitative estimate of drug-likeness (QED) is 0.442. The van der Waals surface area contributed by atoms with Gasteiger partial charge in [-0.15, -0.1) is 0 Å². The van der Waals surface area contributed by atoms with E-state index in [9.17, 15) is 17.6 Å². The molecule has 0 saturated carbocycles. The Balaban J connectivity index is 2.02. The molecule has 0 aliphatic heterocycles. The number of halogens is 4. The van der Waals surface area contributed by atoms with Gasteiger partial charge in [-0.2, -0.15) is 30.0 Å². The number of hydrogen-bond acceptors (Lipinski definition) is 3. The summed E-state index contributed by atoms with van der Waals surface area (Å²) in [6.45, 7) is 0.290. The number of aryl methyl sites for hydroxylation is 1. The molecule has 0 radical (unpaired) electrons. The standard InChI is InChI=1S/C17H21F4N5S/c1-22-16(23-7-11-4-5-14(18)6-12(11)10-27-3)24-8-13-9-26(2)25-15(13)17(19,20)21/h4-6,9H,7-8,10H2,1-3H3,(H2,22,23,24). The van der Waals surface area contributed by atoms with Gasteiger partial charge in [-0.1, -0.05) is 6.07 Å². The highest BCUT2D eigenvalue weighted by Gasteiger charge is 2.36. The summed E-state index contributed by atoms with van der Waals surface area (Å²) in [5, 5.41) is 9.36. The fourth-order valence-corrected chi connectivity index (χ4v) is 3.12. The van der Waals surface area contributed by atoms with Gasteiger partial charge in [-0.25, -0.2) is 4.39 Å². The topological polar surface area (TPSA) is 54.2 Å². The molecule has 5 nitrogen and oxygen atoms in total. The van der Waals surface area contributed by atoms with Gasteiger partial charge < -0.3 is 10.6 Å². The molecule has 0 fully saturated rings. The van der Waals surface area contributed by atoms with Crippen molar-refractivity contribution in [2.75, 3.05) is 13.3 Å². The lowest BCUT2D eigenvalue weighted by atomic mass is 10.1. The Morgan fingerprint density at radius 1 is 1.19 bits per heavy atom. The molecule has 0 atom stereocenters. The average molecular weight is 403 g/mol. The number of nitrogens with one attached hydrogen (secondary N) is 2. The number of guanidine groups is 1. The Morgan fingerprint density at radius 3 is 2.44 bits per heavy atom. The zero-order valence-corrected chi connectivity index (χ0v) is 16.0. The molecule has 0 aliphatic carbocycles. The Kier molecular flexibility index (Phi) is 7.11. The molecule has 2 N–H and O–H groups in total. The molecule has 1 aromatic heterocycles. The van der Waals surface area contributed by atoms with Crippen molar-refractivity contribution in [2.24, 2.45) is 12.0 Å². The lowest BCUT2D eigenvalue weighted by molar-refractivity contribution is -0.142. The van der Waals surface area contributed by atoms with Gasteiger partial charge in [-0.05, 0) is 29.5 Å². The maximum Gasteiger partial charge on any atom is 0.435 e. The van der Waals surface area contributed by atoms with Crippen LogP contribution >= 0.6 is 11.8 Å². The highest BCUT2D eigenvalue weighted by Crippen LogP contribution is 2.30. The van der Waals surface area contributed by atoms with Gasteiger partial charge >= 0.3 is 6.18 Å². The molecule has 0 aliphatic rings. The van der Waals surface area contributed by atoms with Gasteiger partial charge in [-0.3, -0.25) is 9.67 Å². The molecule has 27 heavy (non-hydrogen) atoms. The predicted molar refractivity (Wildman–Crippen MR) is 98.9 cm³/mol. The van der Waals surface area contributed by atoms with Crippen LogP contribution in [0, 0.1) is 5.82 Å². The summed E-state index contributed by atoms with van der Waals surface area (Å²) < 4.78 is 53.6. The zero-order chi connectivity index (χ0) is 20.0. The SMILES string of the molecule is CN=C(NCc1ccc(F)cc1CSC)NCc1cn(C)nc1C(F)(F)F. The van der Waals surface area contributed by atoms with Crippen LogP contribution in [0.4, 0.5) is 17.6 Å². The number of benzene rings is 1. The van der Waals surface area contributed by atoms with Crippen molar-refractivity contribution in [3.05, 3.63) is 52.6 Å². The van der Waals surface area contributed by atoms with E-state index in [2.05, 4.69) is 20.7 Å². The molecule has 0 amide bonds. The van der Waals surface area contributed by atoms with Gasteiger partial charge in [0.2, 0.25) is 0 Å². The Labute approximate surface area is 159 Å². The first kappa shape index (κ1) is 21.1. The van der Waals surface area contributed by atoms with Crippen LogP contribution in [0.1, 0.15) is 22.4 Å². The predicted octanol–water partition coefficient (Wildman–Crippen LogP) is 3.31. The summed E-state index contributed by atoms with van der Waals surface area (Å²) in [6, 6.07) is 4.54. The van der Waals surface area contributed by atoms with Crippen LogP contribution in [0.3, 0.4) is 0 Å². The van der Waals surface area contributed by atoms with Gasteiger partial charge in [0.25, 0.3) is 0 Å². The number of hydrogen-bond donors (Lipinski definition) is 2. The summed E-state index contributed by atoms with van der Waals surface area (Å²) >= 11 is 1.58. The Hall–Kier alpha value is -2.23. The van der Waals surface area contributed by atoms with Crippen LogP contribution in [-0.2, 0) is 32.1 Å². The minimum absolute atomic E-state index is 0.0257. The van der Waals surface area contributed by atoms with E-state index >= 15 is 0 Å². The minimum atomic E-state index is -4.52. The number of aromatic nitrogens is 2. The molecule has 0 unspecified atom stereocenters. The molecule has 0 saturated heterocycles. The van der Waals surface area contributed by atoms with Gasteiger partial charge in [0.1, 0.15) is 5.82 Å². The smallest absolute Gasteiger partial charge is 0.352 e. The second kappa shape index (κ2) is 9.12. The van der Waals surface area contributed by atoms with Crippen LogP contribution < -0.4 is 10.6 Å². The minimum Gasteiger partial charge on any atom is -0.352 e. The summed E-state index contributed by atoms with van der Waals surface area (Å²) in [5.74, 6) is 0.693. The Morgan fingerprint density at radius 2 is 1.85 bits per heavy atom. The molecule has 10 heteroatoms. The summed E-state index contributed by atoms with van der Waals surface area (Å²) in [7, 11) is 2.96. The second-order valence-corrected chi connectivity index (χ2v) is 6.67. The van der Waals surface area contributed by atoms with Crippen LogP contribution in [0.5, 0.6) is 0 Å². The van der Waals surface area contributed by atoms with Crippen molar-refractivity contribution in [3.63, 3.8) is 0 Å². The fraction of sp³-hybridized carbons (Fsp3) is 0.412. The van der Waals surface area contributed by atoms with E-state index in [0.717, 1.165) is 15.8 Å². The van der Waals surface area contributed by atoms with Crippen LogP contribution in [0.2, 0.25) is 0 Å². The summed E-state index contributed by atoms with van der Waals surface area (Å²) in [5.41, 5.74) is 0.856. The highest BCUT2D eigenvalue weighted by molar-refractivity contribution is 7.97. The summed E-state index contributed by atoms with van der Waals surface area (Å²) in [6.07, 6.45) is -1.27.